The second kappa shape index (κ2) is 8.05. The summed E-state index contributed by atoms with van der Waals surface area (Å²) in [6, 6.07) is 7.60. The van der Waals surface area contributed by atoms with Crippen LogP contribution in [0.4, 0.5) is 18.6 Å². The molecule has 3 nitrogen and oxygen atoms in total. The average molecular weight is 312 g/mol. The maximum Gasteiger partial charge on any atom is 1.00 e. The molecule has 0 amide bonds. The number of hydrogen-bond donors (Lipinski definition) is 0. The van der Waals surface area contributed by atoms with E-state index in [0.29, 0.717) is 26.2 Å². The summed E-state index contributed by atoms with van der Waals surface area (Å²) in [5, 5.41) is 0. The number of rotatable bonds is 4. The molecule has 1 aliphatic heterocycles. The van der Waals surface area contributed by atoms with Crippen LogP contribution in [0.15, 0.2) is 24.3 Å². The normalized spacial score (nSPS) is 16.7. The van der Waals surface area contributed by atoms with Crippen molar-refractivity contribution in [1.29, 1.82) is 0 Å². The molecule has 0 aliphatic carbocycles. The van der Waals surface area contributed by atoms with Crippen LogP contribution in [0.1, 0.15) is 0 Å². The van der Waals surface area contributed by atoms with E-state index >= 15 is 0 Å². The Morgan fingerprint density at radius 1 is 1.15 bits per heavy atom. The Labute approximate surface area is 159 Å². The van der Waals surface area contributed by atoms with E-state index in [2.05, 4.69) is 4.90 Å². The van der Waals surface area contributed by atoms with Crippen molar-refractivity contribution in [3.05, 3.63) is 24.3 Å². The van der Waals surface area contributed by atoms with E-state index in [9.17, 15) is 12.9 Å². The van der Waals surface area contributed by atoms with Gasteiger partial charge in [-0.1, -0.05) is 6.07 Å². The maximum atomic E-state index is 12.3. The average Bonchev–Trinajstić information content (AvgIpc) is 2.38. The van der Waals surface area contributed by atoms with Crippen LogP contribution in [-0.4, -0.2) is 51.6 Å². The van der Waals surface area contributed by atoms with E-state index in [1.165, 1.54) is 4.90 Å². The Balaban J connectivity index is 0.00000200. The second-order valence-corrected chi connectivity index (χ2v) is 4.70. The molecule has 1 aromatic rings. The third-order valence-electron chi connectivity index (χ3n) is 3.26. The Morgan fingerprint density at radius 3 is 2.35 bits per heavy atom. The van der Waals surface area contributed by atoms with Crippen LogP contribution in [-0.2, 0) is 0 Å². The summed E-state index contributed by atoms with van der Waals surface area (Å²) < 4.78 is 42.2. The molecule has 8 heteroatoms. The molecule has 1 heterocycles. The first-order valence-electron chi connectivity index (χ1n) is 6.30. The number of nitrogens with zero attached hydrogens (tertiary/aromatic N) is 2. The molecule has 0 N–H and O–H groups in total. The maximum absolute atomic E-state index is 12.3. The molecule has 0 bridgehead atoms. The standard InChI is InChI=1S/C12H17BF3N2O.K/c1-19-12-4-2-3-11(9-12)18-7-5-17(6-8-18)10-13(14,15)16;/h2-4,9H,5-8,10H2,1H3;/q-1;+1. The topological polar surface area (TPSA) is 15.7 Å². The van der Waals surface area contributed by atoms with Crippen LogP contribution in [0.5, 0.6) is 5.75 Å². The predicted molar refractivity (Wildman–Crippen MR) is 70.7 cm³/mol. The summed E-state index contributed by atoms with van der Waals surface area (Å²) in [6.45, 7) is -2.62. The van der Waals surface area contributed by atoms with Crippen molar-refractivity contribution in [2.75, 3.05) is 44.6 Å². The third kappa shape index (κ3) is 5.57. The van der Waals surface area contributed by atoms with Gasteiger partial charge in [-0.3, -0.25) is 0 Å². The fourth-order valence-corrected chi connectivity index (χ4v) is 2.29. The minimum Gasteiger partial charge on any atom is -0.497 e. The van der Waals surface area contributed by atoms with Crippen molar-refractivity contribution < 1.29 is 69.1 Å². The van der Waals surface area contributed by atoms with Gasteiger partial charge in [0.25, 0.3) is 0 Å². The number of methoxy groups -OCH3 is 1. The Bertz CT molecular complexity index is 425. The fraction of sp³-hybridized carbons (Fsp3) is 0.500. The van der Waals surface area contributed by atoms with Crippen molar-refractivity contribution >= 4 is 12.7 Å². The first-order chi connectivity index (χ1) is 8.98. The molecule has 0 aromatic heterocycles. The molecule has 1 saturated heterocycles. The minimum atomic E-state index is -4.73. The zero-order valence-electron chi connectivity index (χ0n) is 11.9. The number of ether oxygens (including phenoxy) is 1. The molecule has 106 valence electrons. The monoisotopic (exact) mass is 312 g/mol. The summed E-state index contributed by atoms with van der Waals surface area (Å²) >= 11 is 0. The van der Waals surface area contributed by atoms with Crippen LogP contribution < -0.4 is 61.0 Å². The van der Waals surface area contributed by atoms with Gasteiger partial charge in [-0.15, -0.1) is 0 Å². The Morgan fingerprint density at radius 2 is 1.80 bits per heavy atom. The molecule has 1 fully saturated rings. The molecular weight excluding hydrogens is 295 g/mol. The second-order valence-electron chi connectivity index (χ2n) is 4.70. The smallest absolute Gasteiger partial charge is 0.497 e. The van der Waals surface area contributed by atoms with Crippen molar-refractivity contribution in [2.45, 2.75) is 0 Å². The van der Waals surface area contributed by atoms with Gasteiger partial charge in [0.15, 0.2) is 0 Å². The first kappa shape index (κ1) is 18.3. The van der Waals surface area contributed by atoms with Gasteiger partial charge in [-0.2, -0.15) is 0 Å². The summed E-state index contributed by atoms with van der Waals surface area (Å²) in [4.78, 5) is 3.55. The number of benzene rings is 1. The molecule has 1 aromatic carbocycles. The van der Waals surface area contributed by atoms with Gasteiger partial charge < -0.3 is 27.5 Å². The fourth-order valence-electron chi connectivity index (χ4n) is 2.29. The zero-order chi connectivity index (χ0) is 13.9. The van der Waals surface area contributed by atoms with E-state index in [0.717, 1.165) is 11.4 Å². The van der Waals surface area contributed by atoms with Crippen molar-refractivity contribution in [1.82, 2.24) is 4.90 Å². The van der Waals surface area contributed by atoms with Crippen LogP contribution in [0.2, 0.25) is 0 Å². The van der Waals surface area contributed by atoms with E-state index in [4.69, 9.17) is 4.74 Å². The van der Waals surface area contributed by atoms with Crippen molar-refractivity contribution in [3.8, 4) is 5.75 Å². The largest absolute Gasteiger partial charge is 1.00 e. The summed E-state index contributed by atoms with van der Waals surface area (Å²) in [6.07, 6.45) is -0.758. The SMILES string of the molecule is COc1cccc(N2CCN(C[B-](F)(F)F)CC2)c1.[K+]. The van der Waals surface area contributed by atoms with E-state index in [1.807, 2.05) is 24.3 Å². The minimum absolute atomic E-state index is 0. The molecule has 0 atom stereocenters. The van der Waals surface area contributed by atoms with E-state index in [1.54, 1.807) is 7.11 Å². The summed E-state index contributed by atoms with van der Waals surface area (Å²) in [5.41, 5.74) is 0.997. The first-order valence-corrected chi connectivity index (χ1v) is 6.30. The molecular formula is C12H17BF3KN2O. The van der Waals surface area contributed by atoms with Crippen LogP contribution in [0.3, 0.4) is 0 Å². The number of anilines is 1. The van der Waals surface area contributed by atoms with Gasteiger partial charge in [-0.25, -0.2) is 0 Å². The van der Waals surface area contributed by atoms with Crippen LogP contribution in [0, 0.1) is 0 Å². The van der Waals surface area contributed by atoms with Gasteiger partial charge in [0.1, 0.15) is 5.75 Å². The van der Waals surface area contributed by atoms with E-state index < -0.39 is 13.4 Å². The van der Waals surface area contributed by atoms with Gasteiger partial charge >= 0.3 is 58.4 Å². The van der Waals surface area contributed by atoms with Crippen LogP contribution >= 0.6 is 0 Å². The predicted octanol–water partition coefficient (Wildman–Crippen LogP) is -0.792. The van der Waals surface area contributed by atoms with Crippen molar-refractivity contribution in [2.24, 2.45) is 0 Å². The van der Waals surface area contributed by atoms with Crippen molar-refractivity contribution in [3.63, 3.8) is 0 Å². The molecule has 0 saturated carbocycles. The number of piperazine rings is 1. The van der Waals surface area contributed by atoms with E-state index in [-0.39, 0.29) is 51.4 Å². The molecule has 0 unspecified atom stereocenters. The van der Waals surface area contributed by atoms with Gasteiger partial charge in [0.2, 0.25) is 0 Å². The quantitative estimate of drug-likeness (QED) is 0.678. The zero-order valence-corrected chi connectivity index (χ0v) is 15.0. The summed E-state index contributed by atoms with van der Waals surface area (Å²) in [5.74, 6) is 0.763. The Hall–Kier alpha value is 0.271. The molecule has 20 heavy (non-hydrogen) atoms. The van der Waals surface area contributed by atoms with Crippen LogP contribution in [0.25, 0.3) is 0 Å². The Kier molecular flexibility index (Phi) is 7.37. The molecule has 0 spiro atoms. The van der Waals surface area contributed by atoms with Gasteiger partial charge in [0.05, 0.1) is 7.11 Å². The third-order valence-corrected chi connectivity index (χ3v) is 3.26. The molecule has 2 rings (SSSR count). The number of hydrogen-bond acceptors (Lipinski definition) is 3. The summed E-state index contributed by atoms with van der Waals surface area (Å²) in [7, 11) is 1.60. The van der Waals surface area contributed by atoms with Gasteiger partial charge in [0, 0.05) is 37.9 Å². The van der Waals surface area contributed by atoms with Gasteiger partial charge in [-0.05, 0) is 18.6 Å². The number of halogens is 3. The molecule has 0 radical (unpaired) electrons. The molecule has 1 aliphatic rings.